The highest BCUT2D eigenvalue weighted by Gasteiger charge is 1.67. The first-order valence-corrected chi connectivity index (χ1v) is 1.72. The molecular formula is C4H4ClN. The second-order valence-electron chi connectivity index (χ2n) is 0.646. The van der Waals surface area contributed by atoms with Gasteiger partial charge in [-0.2, -0.15) is 4.99 Å². The zero-order valence-electron chi connectivity index (χ0n) is 3.24. The van der Waals surface area contributed by atoms with E-state index in [0.717, 1.165) is 0 Å². The lowest BCUT2D eigenvalue weighted by molar-refractivity contribution is 1.58. The maximum atomic E-state index is 5.11. The lowest BCUT2D eigenvalue weighted by Gasteiger charge is -1.68. The molecular weight excluding hydrogens is 97.5 g/mol. The van der Waals surface area contributed by atoms with Gasteiger partial charge in [0.25, 0.3) is 0 Å². The number of halogens is 1. The third-order valence-corrected chi connectivity index (χ3v) is 0.285. The quantitative estimate of drug-likeness (QED) is 0.351. The second-order valence-corrected chi connectivity index (χ2v) is 1.08. The van der Waals surface area contributed by atoms with E-state index in [4.69, 9.17) is 11.6 Å². The number of rotatable bonds is 1. The van der Waals surface area contributed by atoms with Crippen LogP contribution in [-0.2, 0) is 0 Å². The molecule has 0 spiro atoms. The molecule has 0 saturated carbocycles. The van der Waals surface area contributed by atoms with Gasteiger partial charge in [-0.1, -0.05) is 18.2 Å². The van der Waals surface area contributed by atoms with E-state index in [0.29, 0.717) is 0 Å². The number of nitrogens with zero attached hydrogens (tertiary/aromatic N) is 1. The molecule has 0 aliphatic rings. The van der Waals surface area contributed by atoms with Crippen LogP contribution in [-0.4, -0.2) is 5.87 Å². The lowest BCUT2D eigenvalue weighted by atomic mass is 11.0. The van der Waals surface area contributed by atoms with Crippen LogP contribution in [0.4, 0.5) is 0 Å². The third kappa shape index (κ3) is 3.48. The standard InChI is InChI=1S/C4H4ClN/c1-3-6-4(2)5/h1-2H2. The summed E-state index contributed by atoms with van der Waals surface area (Å²) in [7, 11) is 0. The molecule has 0 aromatic heterocycles. The molecule has 6 heavy (non-hydrogen) atoms. The Balaban J connectivity index is 3.60. The minimum absolute atomic E-state index is 0.213. The van der Waals surface area contributed by atoms with Crippen LogP contribution in [0.3, 0.4) is 0 Å². The summed E-state index contributed by atoms with van der Waals surface area (Å²) >= 11 is 5.11. The Labute approximate surface area is 41.7 Å². The molecule has 0 unspecified atom stereocenters. The average molecular weight is 102 g/mol. The molecule has 0 aliphatic heterocycles. The van der Waals surface area contributed by atoms with E-state index in [1.165, 1.54) is 0 Å². The molecule has 0 aromatic carbocycles. The molecule has 0 bridgehead atoms. The van der Waals surface area contributed by atoms with E-state index in [2.05, 4.69) is 24.0 Å². The van der Waals surface area contributed by atoms with E-state index in [1.54, 1.807) is 0 Å². The highest BCUT2D eigenvalue weighted by atomic mass is 35.5. The van der Waals surface area contributed by atoms with Crippen LogP contribution in [0.1, 0.15) is 0 Å². The van der Waals surface area contributed by atoms with Gasteiger partial charge in [0.05, 0.1) is 0 Å². The van der Waals surface area contributed by atoms with Crippen molar-refractivity contribution in [1.29, 1.82) is 0 Å². The largest absolute Gasteiger partial charge is 0.195 e. The van der Waals surface area contributed by atoms with Crippen LogP contribution in [0.15, 0.2) is 23.3 Å². The molecule has 0 heterocycles. The van der Waals surface area contributed by atoms with Crippen molar-refractivity contribution in [3.05, 3.63) is 18.3 Å². The summed E-state index contributed by atoms with van der Waals surface area (Å²) in [6.45, 7) is 6.41. The topological polar surface area (TPSA) is 12.4 Å². The van der Waals surface area contributed by atoms with E-state index >= 15 is 0 Å². The van der Waals surface area contributed by atoms with Crippen molar-refractivity contribution in [2.24, 2.45) is 4.99 Å². The molecule has 0 atom stereocenters. The fraction of sp³-hybridized carbons (Fsp3) is 0. The normalized spacial score (nSPS) is 6.17. The Morgan fingerprint density at radius 3 is 2.33 bits per heavy atom. The zero-order valence-corrected chi connectivity index (χ0v) is 4.00. The molecule has 2 heteroatoms. The Morgan fingerprint density at radius 2 is 2.33 bits per heavy atom. The molecule has 0 radical (unpaired) electrons. The molecule has 32 valence electrons. The van der Waals surface area contributed by atoms with Crippen LogP contribution in [0.5, 0.6) is 0 Å². The Bertz CT molecular complexity index is 100. The number of aliphatic imine (C=N–C) groups is 1. The van der Waals surface area contributed by atoms with E-state index in [-0.39, 0.29) is 5.16 Å². The summed E-state index contributed by atoms with van der Waals surface area (Å²) in [6, 6.07) is 0. The molecule has 0 saturated heterocycles. The molecule has 0 rings (SSSR count). The average Bonchev–Trinajstić information content (AvgIpc) is 1.35. The van der Waals surface area contributed by atoms with Crippen molar-refractivity contribution < 1.29 is 0 Å². The predicted octanol–water partition coefficient (Wildman–Crippen LogP) is 1.55. The third-order valence-electron chi connectivity index (χ3n) is 0.200. The highest BCUT2D eigenvalue weighted by Crippen LogP contribution is 1.93. The minimum atomic E-state index is 0.213. The summed E-state index contributed by atoms with van der Waals surface area (Å²) in [4.78, 5) is 3.33. The van der Waals surface area contributed by atoms with Gasteiger partial charge in [0.2, 0.25) is 0 Å². The first-order chi connectivity index (χ1) is 2.77. The first-order valence-electron chi connectivity index (χ1n) is 1.34. The highest BCUT2D eigenvalue weighted by molar-refractivity contribution is 6.29. The van der Waals surface area contributed by atoms with E-state index in [1.807, 2.05) is 0 Å². The fourth-order valence-electron chi connectivity index (χ4n) is 0.0858. The maximum Gasteiger partial charge on any atom is 0.131 e. The van der Waals surface area contributed by atoms with Crippen molar-refractivity contribution in [2.45, 2.75) is 0 Å². The van der Waals surface area contributed by atoms with Gasteiger partial charge in [0.15, 0.2) is 0 Å². The predicted molar refractivity (Wildman–Crippen MR) is 28.1 cm³/mol. The van der Waals surface area contributed by atoms with Gasteiger partial charge in [0, 0.05) is 0 Å². The van der Waals surface area contributed by atoms with Gasteiger partial charge >= 0.3 is 0 Å². The lowest BCUT2D eigenvalue weighted by Crippen LogP contribution is -1.49. The summed E-state index contributed by atoms with van der Waals surface area (Å²) < 4.78 is 0. The second kappa shape index (κ2) is 2.70. The fourth-order valence-corrected chi connectivity index (χ4v) is 0.146. The Hall–Kier alpha value is -0.520. The van der Waals surface area contributed by atoms with E-state index < -0.39 is 0 Å². The van der Waals surface area contributed by atoms with Crippen LogP contribution in [0.2, 0.25) is 0 Å². The monoisotopic (exact) mass is 101 g/mol. The molecule has 0 fully saturated rings. The first kappa shape index (κ1) is 5.48. The maximum absolute atomic E-state index is 5.11. The van der Waals surface area contributed by atoms with Gasteiger partial charge in [0.1, 0.15) is 5.16 Å². The number of hydrogen-bond donors (Lipinski definition) is 0. The van der Waals surface area contributed by atoms with Crippen LogP contribution in [0.25, 0.3) is 0 Å². The summed E-state index contributed by atoms with van der Waals surface area (Å²) in [5.41, 5.74) is 0. The van der Waals surface area contributed by atoms with Gasteiger partial charge in [-0.3, -0.25) is 0 Å². The van der Waals surface area contributed by atoms with Crippen LogP contribution >= 0.6 is 11.6 Å². The summed E-state index contributed by atoms with van der Waals surface area (Å²) in [6.07, 6.45) is 0. The summed E-state index contributed by atoms with van der Waals surface area (Å²) in [5, 5.41) is 0.213. The van der Waals surface area contributed by atoms with Gasteiger partial charge in [-0.25, -0.2) is 0 Å². The van der Waals surface area contributed by atoms with Crippen molar-refractivity contribution in [3.63, 3.8) is 0 Å². The van der Waals surface area contributed by atoms with Crippen LogP contribution in [0, 0.1) is 0 Å². The van der Waals surface area contributed by atoms with Gasteiger partial charge in [-0.05, 0) is 12.4 Å². The van der Waals surface area contributed by atoms with E-state index in [9.17, 15) is 0 Å². The molecule has 0 aromatic rings. The molecule has 0 amide bonds. The smallest absolute Gasteiger partial charge is 0.131 e. The van der Waals surface area contributed by atoms with Gasteiger partial charge < -0.3 is 0 Å². The molecule has 0 aliphatic carbocycles. The van der Waals surface area contributed by atoms with Crippen molar-refractivity contribution in [3.8, 4) is 0 Å². The van der Waals surface area contributed by atoms with Crippen LogP contribution < -0.4 is 0 Å². The van der Waals surface area contributed by atoms with Crippen molar-refractivity contribution in [1.82, 2.24) is 0 Å². The zero-order chi connectivity index (χ0) is 4.99. The SMILES string of the molecule is C=C=NC(=C)Cl. The van der Waals surface area contributed by atoms with Crippen molar-refractivity contribution in [2.75, 3.05) is 0 Å². The Kier molecular flexibility index (Phi) is 2.47. The summed E-state index contributed by atoms with van der Waals surface area (Å²) in [5.74, 6) is 2.21. The molecule has 0 N–H and O–H groups in total. The number of hydrogen-bond acceptors (Lipinski definition) is 1. The Morgan fingerprint density at radius 1 is 1.83 bits per heavy atom. The molecule has 1 nitrogen and oxygen atoms in total. The van der Waals surface area contributed by atoms with Gasteiger partial charge in [-0.15, -0.1) is 0 Å². The van der Waals surface area contributed by atoms with Crippen molar-refractivity contribution >= 4 is 17.5 Å². The minimum Gasteiger partial charge on any atom is -0.195 e.